The third-order valence-corrected chi connectivity index (χ3v) is 3.80. The molecule has 102 valence electrons. The summed E-state index contributed by atoms with van der Waals surface area (Å²) in [5, 5.41) is 9.41. The van der Waals surface area contributed by atoms with Gasteiger partial charge in [0.25, 0.3) is 10.0 Å². The van der Waals surface area contributed by atoms with Crippen LogP contribution >= 0.6 is 0 Å². The van der Waals surface area contributed by atoms with Crippen molar-refractivity contribution in [3.05, 3.63) is 30.4 Å². The number of aryl methyl sites for hydroxylation is 2. The Kier molecular flexibility index (Phi) is 3.43. The maximum absolute atomic E-state index is 12.1. The van der Waals surface area contributed by atoms with Crippen molar-refractivity contribution in [3.63, 3.8) is 0 Å². The second kappa shape index (κ2) is 4.88. The first-order valence-electron chi connectivity index (χ1n) is 5.64. The molecule has 0 spiro atoms. The molecule has 0 aliphatic rings. The maximum Gasteiger partial charge on any atom is 0.282 e. The number of hydrogen-bond donors (Lipinski definition) is 2. The topological polar surface area (TPSA) is 97.1 Å². The van der Waals surface area contributed by atoms with E-state index >= 15 is 0 Å². The van der Waals surface area contributed by atoms with E-state index in [0.29, 0.717) is 12.4 Å². The molecule has 2 aromatic heterocycles. The smallest absolute Gasteiger partial charge is 0.282 e. The minimum absolute atomic E-state index is 0.100. The average Bonchev–Trinajstić information content (AvgIpc) is 2.74. The standard InChI is InChI=1S/C11H14N4O3S/c1-3-15-7-10(13-8(15)2)19(17,18)14-11-9(16)5-4-6-12-11/h4-7,16H,3H2,1-2H3,(H,12,14). The SMILES string of the molecule is CCn1cc(S(=O)(=O)Nc2ncccc2O)nc1C. The zero-order chi connectivity index (χ0) is 14.0. The van der Waals surface area contributed by atoms with Crippen molar-refractivity contribution in [3.8, 4) is 5.75 Å². The molecule has 8 heteroatoms. The number of pyridine rings is 1. The molecule has 0 saturated heterocycles. The number of nitrogens with one attached hydrogen (secondary N) is 1. The van der Waals surface area contributed by atoms with Gasteiger partial charge >= 0.3 is 0 Å². The zero-order valence-electron chi connectivity index (χ0n) is 10.5. The highest BCUT2D eigenvalue weighted by Gasteiger charge is 2.20. The molecular formula is C11H14N4O3S. The van der Waals surface area contributed by atoms with Crippen LogP contribution in [0.5, 0.6) is 5.75 Å². The summed E-state index contributed by atoms with van der Waals surface area (Å²) < 4.78 is 28.1. The van der Waals surface area contributed by atoms with Crippen molar-refractivity contribution in [2.45, 2.75) is 25.4 Å². The molecule has 0 aliphatic carbocycles. The minimum Gasteiger partial charge on any atom is -0.504 e. The van der Waals surface area contributed by atoms with Crippen LogP contribution in [0.15, 0.2) is 29.6 Å². The Morgan fingerprint density at radius 2 is 2.21 bits per heavy atom. The van der Waals surface area contributed by atoms with E-state index in [9.17, 15) is 13.5 Å². The van der Waals surface area contributed by atoms with Crippen LogP contribution in [-0.4, -0.2) is 28.1 Å². The molecule has 0 amide bonds. The number of rotatable bonds is 4. The third kappa shape index (κ3) is 2.68. The summed E-state index contributed by atoms with van der Waals surface area (Å²) in [6.07, 6.45) is 2.82. The van der Waals surface area contributed by atoms with Gasteiger partial charge in [-0.2, -0.15) is 8.42 Å². The number of anilines is 1. The van der Waals surface area contributed by atoms with E-state index in [-0.39, 0.29) is 16.6 Å². The van der Waals surface area contributed by atoms with Gasteiger partial charge in [-0.15, -0.1) is 0 Å². The van der Waals surface area contributed by atoms with Gasteiger partial charge in [0.15, 0.2) is 16.6 Å². The van der Waals surface area contributed by atoms with Crippen LogP contribution in [0.1, 0.15) is 12.7 Å². The number of hydrogen-bond acceptors (Lipinski definition) is 5. The number of aromatic hydroxyl groups is 1. The van der Waals surface area contributed by atoms with Crippen LogP contribution in [0.25, 0.3) is 0 Å². The fourth-order valence-corrected chi connectivity index (χ4v) is 2.62. The van der Waals surface area contributed by atoms with Gasteiger partial charge in [0.2, 0.25) is 0 Å². The highest BCUT2D eigenvalue weighted by molar-refractivity contribution is 7.92. The van der Waals surface area contributed by atoms with Gasteiger partial charge in [-0.1, -0.05) is 0 Å². The molecular weight excluding hydrogens is 268 g/mol. The van der Waals surface area contributed by atoms with E-state index in [2.05, 4.69) is 14.7 Å². The quantitative estimate of drug-likeness (QED) is 0.875. The summed E-state index contributed by atoms with van der Waals surface area (Å²) in [4.78, 5) is 7.75. The zero-order valence-corrected chi connectivity index (χ0v) is 11.3. The lowest BCUT2D eigenvalue weighted by Gasteiger charge is -2.05. The van der Waals surface area contributed by atoms with Crippen LogP contribution in [0, 0.1) is 6.92 Å². The van der Waals surface area contributed by atoms with Crippen LogP contribution in [0.4, 0.5) is 5.82 Å². The molecule has 0 saturated carbocycles. The second-order valence-electron chi connectivity index (χ2n) is 3.89. The summed E-state index contributed by atoms with van der Waals surface area (Å²) in [5.74, 6) is 0.247. The maximum atomic E-state index is 12.1. The fraction of sp³-hybridized carbons (Fsp3) is 0.273. The van der Waals surface area contributed by atoms with E-state index in [4.69, 9.17) is 0 Å². The van der Waals surface area contributed by atoms with Crippen LogP contribution < -0.4 is 4.72 Å². The Balaban J connectivity index is 2.35. The van der Waals surface area contributed by atoms with Crippen molar-refractivity contribution in [2.75, 3.05) is 4.72 Å². The Labute approximate surface area is 111 Å². The lowest BCUT2D eigenvalue weighted by molar-refractivity contribution is 0.475. The molecule has 7 nitrogen and oxygen atoms in total. The fourth-order valence-electron chi connectivity index (χ4n) is 1.58. The predicted octanol–water partition coefficient (Wildman–Crippen LogP) is 1.11. The van der Waals surface area contributed by atoms with Crippen LogP contribution in [0.2, 0.25) is 0 Å². The minimum atomic E-state index is -3.85. The summed E-state index contributed by atoms with van der Waals surface area (Å²) in [7, 11) is -3.85. The van der Waals surface area contributed by atoms with Gasteiger partial charge in [-0.05, 0) is 26.0 Å². The van der Waals surface area contributed by atoms with E-state index in [1.807, 2.05) is 6.92 Å². The number of aromatic nitrogens is 3. The van der Waals surface area contributed by atoms with E-state index in [1.165, 1.54) is 24.5 Å². The normalized spacial score (nSPS) is 11.5. The van der Waals surface area contributed by atoms with Gasteiger partial charge in [0.1, 0.15) is 5.82 Å². The van der Waals surface area contributed by atoms with Gasteiger partial charge in [-0.25, -0.2) is 9.97 Å². The molecule has 19 heavy (non-hydrogen) atoms. The lowest BCUT2D eigenvalue weighted by Crippen LogP contribution is -2.14. The molecule has 2 heterocycles. The summed E-state index contributed by atoms with van der Waals surface area (Å²) in [5.41, 5.74) is 0. The van der Waals surface area contributed by atoms with Crippen molar-refractivity contribution >= 4 is 15.8 Å². The predicted molar refractivity (Wildman–Crippen MR) is 69.3 cm³/mol. The van der Waals surface area contributed by atoms with Gasteiger partial charge in [-0.3, -0.25) is 4.72 Å². The van der Waals surface area contributed by atoms with Gasteiger partial charge < -0.3 is 9.67 Å². The van der Waals surface area contributed by atoms with Gasteiger partial charge in [0, 0.05) is 18.9 Å². The first-order chi connectivity index (χ1) is 8.94. The molecule has 0 aromatic carbocycles. The molecule has 0 fully saturated rings. The summed E-state index contributed by atoms with van der Waals surface area (Å²) >= 11 is 0. The molecule has 0 aliphatic heterocycles. The molecule has 2 N–H and O–H groups in total. The van der Waals surface area contributed by atoms with E-state index in [1.54, 1.807) is 11.5 Å². The first kappa shape index (κ1) is 13.3. The van der Waals surface area contributed by atoms with Gasteiger partial charge in [0.05, 0.1) is 0 Å². The molecule has 2 rings (SSSR count). The highest BCUT2D eigenvalue weighted by atomic mass is 32.2. The van der Waals surface area contributed by atoms with Crippen molar-refractivity contribution in [2.24, 2.45) is 0 Å². The van der Waals surface area contributed by atoms with Crippen LogP contribution in [0.3, 0.4) is 0 Å². The Hall–Kier alpha value is -2.09. The Morgan fingerprint density at radius 1 is 1.47 bits per heavy atom. The molecule has 0 atom stereocenters. The van der Waals surface area contributed by atoms with E-state index < -0.39 is 10.0 Å². The summed E-state index contributed by atoms with van der Waals surface area (Å²) in [6, 6.07) is 2.85. The first-order valence-corrected chi connectivity index (χ1v) is 7.13. The van der Waals surface area contributed by atoms with Crippen molar-refractivity contribution in [1.82, 2.24) is 14.5 Å². The molecule has 0 unspecified atom stereocenters. The largest absolute Gasteiger partial charge is 0.504 e. The molecule has 0 radical (unpaired) electrons. The third-order valence-electron chi connectivity index (χ3n) is 2.59. The highest BCUT2D eigenvalue weighted by Crippen LogP contribution is 2.22. The molecule has 2 aromatic rings. The monoisotopic (exact) mass is 282 g/mol. The Bertz CT molecular complexity index is 694. The lowest BCUT2D eigenvalue weighted by atomic mass is 10.4. The Morgan fingerprint density at radius 3 is 2.79 bits per heavy atom. The van der Waals surface area contributed by atoms with Crippen LogP contribution in [-0.2, 0) is 16.6 Å². The van der Waals surface area contributed by atoms with Crippen molar-refractivity contribution < 1.29 is 13.5 Å². The number of sulfonamides is 1. The average molecular weight is 282 g/mol. The number of nitrogens with zero attached hydrogens (tertiary/aromatic N) is 3. The summed E-state index contributed by atoms with van der Waals surface area (Å²) in [6.45, 7) is 4.24. The number of imidazole rings is 1. The molecule has 0 bridgehead atoms. The van der Waals surface area contributed by atoms with Crippen molar-refractivity contribution in [1.29, 1.82) is 0 Å². The van der Waals surface area contributed by atoms with E-state index in [0.717, 1.165) is 0 Å². The second-order valence-corrected chi connectivity index (χ2v) is 5.52.